The third kappa shape index (κ3) is 3.84. The van der Waals surface area contributed by atoms with Gasteiger partial charge in [-0.2, -0.15) is 0 Å². The number of nitrogens with zero attached hydrogens (tertiary/aromatic N) is 1. The van der Waals surface area contributed by atoms with Gasteiger partial charge in [-0.15, -0.1) is 0 Å². The molecule has 0 aromatic heterocycles. The molecule has 0 bridgehead atoms. The number of amides is 2. The first-order valence-electron chi connectivity index (χ1n) is 7.24. The van der Waals surface area contributed by atoms with Gasteiger partial charge in [0.25, 0.3) is 5.91 Å². The van der Waals surface area contributed by atoms with Gasteiger partial charge in [-0.25, -0.2) is 4.79 Å². The van der Waals surface area contributed by atoms with Crippen LogP contribution in [0.15, 0.2) is 18.2 Å². The Labute approximate surface area is 129 Å². The normalized spacial score (nSPS) is 12.5. The van der Waals surface area contributed by atoms with Gasteiger partial charge < -0.3 is 15.0 Å². The van der Waals surface area contributed by atoms with Crippen LogP contribution in [-0.2, 0) is 27.2 Å². The minimum absolute atomic E-state index is 0.0638. The molecular weight excluding hydrogens is 284 g/mol. The Balaban J connectivity index is 1.87. The van der Waals surface area contributed by atoms with Gasteiger partial charge in [-0.1, -0.05) is 6.07 Å². The molecule has 0 saturated heterocycles. The van der Waals surface area contributed by atoms with Crippen molar-refractivity contribution in [3.63, 3.8) is 0 Å². The molecule has 1 aliphatic carbocycles. The van der Waals surface area contributed by atoms with Crippen molar-refractivity contribution in [1.29, 1.82) is 0 Å². The molecule has 0 aliphatic heterocycles. The summed E-state index contributed by atoms with van der Waals surface area (Å²) in [6.45, 7) is -0.435. The van der Waals surface area contributed by atoms with Crippen LogP contribution >= 0.6 is 0 Å². The van der Waals surface area contributed by atoms with Crippen molar-refractivity contribution in [2.75, 3.05) is 27.2 Å². The zero-order valence-electron chi connectivity index (χ0n) is 12.8. The van der Waals surface area contributed by atoms with Crippen molar-refractivity contribution in [1.82, 2.24) is 10.2 Å². The van der Waals surface area contributed by atoms with Crippen LogP contribution in [0, 0.1) is 0 Å². The van der Waals surface area contributed by atoms with Crippen LogP contribution in [0.25, 0.3) is 0 Å². The van der Waals surface area contributed by atoms with E-state index < -0.39 is 11.9 Å². The number of ether oxygens (including phenoxy) is 1. The molecule has 0 radical (unpaired) electrons. The van der Waals surface area contributed by atoms with Crippen LogP contribution < -0.4 is 5.32 Å². The molecule has 0 saturated carbocycles. The van der Waals surface area contributed by atoms with Crippen molar-refractivity contribution in [2.45, 2.75) is 19.3 Å². The number of nitrogens with one attached hydrogen (secondary N) is 1. The average Bonchev–Trinajstić information content (AvgIpc) is 2.99. The third-order valence-electron chi connectivity index (χ3n) is 3.75. The molecule has 0 unspecified atom stereocenters. The molecular formula is C16H20N2O4. The Morgan fingerprint density at radius 3 is 2.68 bits per heavy atom. The lowest BCUT2D eigenvalue weighted by Gasteiger charge is -2.16. The number of esters is 1. The molecule has 0 atom stereocenters. The number of rotatable bonds is 5. The number of benzene rings is 1. The van der Waals surface area contributed by atoms with Crippen molar-refractivity contribution < 1.29 is 19.1 Å². The summed E-state index contributed by atoms with van der Waals surface area (Å²) in [4.78, 5) is 36.2. The highest BCUT2D eigenvalue weighted by Gasteiger charge is 2.17. The summed E-state index contributed by atoms with van der Waals surface area (Å²) >= 11 is 0. The largest absolute Gasteiger partial charge is 0.452 e. The maximum atomic E-state index is 12.0. The van der Waals surface area contributed by atoms with Crippen LogP contribution in [0.4, 0.5) is 0 Å². The molecule has 118 valence electrons. The van der Waals surface area contributed by atoms with E-state index in [4.69, 9.17) is 4.74 Å². The Hall–Kier alpha value is -2.37. The van der Waals surface area contributed by atoms with Crippen LogP contribution in [0.5, 0.6) is 0 Å². The van der Waals surface area contributed by atoms with E-state index in [0.29, 0.717) is 5.56 Å². The fourth-order valence-corrected chi connectivity index (χ4v) is 2.40. The first-order valence-corrected chi connectivity index (χ1v) is 7.24. The van der Waals surface area contributed by atoms with Crippen LogP contribution in [-0.4, -0.2) is 49.9 Å². The summed E-state index contributed by atoms with van der Waals surface area (Å²) in [7, 11) is 2.98. The second-order valence-corrected chi connectivity index (χ2v) is 5.34. The Bertz CT molecular complexity index is 598. The highest BCUT2D eigenvalue weighted by Crippen LogP contribution is 2.23. The number of hydrogen-bond donors (Lipinski definition) is 1. The molecule has 0 spiro atoms. The number of fused-ring (bicyclic) bond motifs is 1. The standard InChI is InChI=1S/C16H20N2O4/c1-17-14(19)9-18(2)15(20)10-22-16(21)13-7-6-11-4-3-5-12(11)8-13/h6-8H,3-5,9-10H2,1-2H3,(H,17,19). The first-order chi connectivity index (χ1) is 10.5. The van der Waals surface area contributed by atoms with Gasteiger partial charge in [-0.05, 0) is 42.5 Å². The summed E-state index contributed by atoms with van der Waals surface area (Å²) in [5, 5.41) is 2.42. The van der Waals surface area contributed by atoms with Gasteiger partial charge in [0.1, 0.15) is 0 Å². The number of carbonyl (C=O) groups excluding carboxylic acids is 3. The Morgan fingerprint density at radius 1 is 1.23 bits per heavy atom. The van der Waals surface area contributed by atoms with Crippen molar-refractivity contribution in [2.24, 2.45) is 0 Å². The molecule has 2 amide bonds. The number of carbonyl (C=O) groups is 3. The molecule has 1 aromatic carbocycles. The smallest absolute Gasteiger partial charge is 0.338 e. The minimum Gasteiger partial charge on any atom is -0.452 e. The monoisotopic (exact) mass is 304 g/mol. The lowest BCUT2D eigenvalue weighted by molar-refractivity contribution is -0.137. The van der Waals surface area contributed by atoms with Gasteiger partial charge in [0.05, 0.1) is 12.1 Å². The second kappa shape index (κ2) is 7.06. The number of aryl methyl sites for hydroxylation is 2. The van der Waals surface area contributed by atoms with E-state index in [9.17, 15) is 14.4 Å². The third-order valence-corrected chi connectivity index (χ3v) is 3.75. The van der Waals surface area contributed by atoms with Crippen molar-refractivity contribution >= 4 is 17.8 Å². The summed E-state index contributed by atoms with van der Waals surface area (Å²) in [5.41, 5.74) is 2.91. The van der Waals surface area contributed by atoms with E-state index in [1.807, 2.05) is 12.1 Å². The zero-order valence-corrected chi connectivity index (χ0v) is 12.8. The molecule has 1 N–H and O–H groups in total. The summed E-state index contributed by atoms with van der Waals surface area (Å²) in [5.74, 6) is -1.21. The maximum absolute atomic E-state index is 12.0. The molecule has 1 aliphatic rings. The predicted octanol–water partition coefficient (Wildman–Crippen LogP) is 0.537. The zero-order chi connectivity index (χ0) is 16.1. The summed E-state index contributed by atoms with van der Waals surface area (Å²) < 4.78 is 5.02. The van der Waals surface area contributed by atoms with Crippen LogP contribution in [0.3, 0.4) is 0 Å². The molecule has 0 fully saturated rings. The lowest BCUT2D eigenvalue weighted by Crippen LogP contribution is -2.39. The van der Waals surface area contributed by atoms with Gasteiger partial charge in [0.2, 0.25) is 5.91 Å². The second-order valence-electron chi connectivity index (χ2n) is 5.34. The van der Waals surface area contributed by atoms with E-state index >= 15 is 0 Å². The fraction of sp³-hybridized carbons (Fsp3) is 0.438. The molecule has 2 rings (SSSR count). The maximum Gasteiger partial charge on any atom is 0.338 e. The topological polar surface area (TPSA) is 75.7 Å². The highest BCUT2D eigenvalue weighted by molar-refractivity contribution is 5.92. The van der Waals surface area contributed by atoms with E-state index in [-0.39, 0.29) is 19.1 Å². The molecule has 1 aromatic rings. The van der Waals surface area contributed by atoms with E-state index in [0.717, 1.165) is 19.3 Å². The first kappa shape index (κ1) is 16.0. The van der Waals surface area contributed by atoms with Gasteiger partial charge >= 0.3 is 5.97 Å². The Kier molecular flexibility index (Phi) is 5.14. The Morgan fingerprint density at radius 2 is 1.95 bits per heavy atom. The molecule has 22 heavy (non-hydrogen) atoms. The van der Waals surface area contributed by atoms with E-state index in [2.05, 4.69) is 5.32 Å². The van der Waals surface area contributed by atoms with Gasteiger partial charge in [0, 0.05) is 14.1 Å². The molecule has 6 heteroatoms. The quantitative estimate of drug-likeness (QED) is 0.806. The average molecular weight is 304 g/mol. The van der Waals surface area contributed by atoms with E-state index in [1.165, 1.54) is 30.1 Å². The SMILES string of the molecule is CNC(=O)CN(C)C(=O)COC(=O)c1ccc2c(c1)CCC2. The highest BCUT2D eigenvalue weighted by atomic mass is 16.5. The number of hydrogen-bond acceptors (Lipinski definition) is 4. The van der Waals surface area contributed by atoms with Gasteiger partial charge in [-0.3, -0.25) is 9.59 Å². The summed E-state index contributed by atoms with van der Waals surface area (Å²) in [6.07, 6.45) is 3.13. The van der Waals surface area contributed by atoms with Crippen molar-refractivity contribution in [3.8, 4) is 0 Å². The van der Waals surface area contributed by atoms with Crippen LogP contribution in [0.2, 0.25) is 0 Å². The molecule has 6 nitrogen and oxygen atoms in total. The number of likely N-dealkylation sites (N-methyl/N-ethyl adjacent to an activating group) is 2. The van der Waals surface area contributed by atoms with E-state index in [1.54, 1.807) is 6.07 Å². The fourth-order valence-electron chi connectivity index (χ4n) is 2.40. The summed E-state index contributed by atoms with van der Waals surface area (Å²) in [6, 6.07) is 5.51. The van der Waals surface area contributed by atoms with Gasteiger partial charge in [0.15, 0.2) is 6.61 Å². The predicted molar refractivity (Wildman–Crippen MR) is 80.5 cm³/mol. The lowest BCUT2D eigenvalue weighted by atomic mass is 10.1. The minimum atomic E-state index is -0.517. The van der Waals surface area contributed by atoms with Crippen molar-refractivity contribution in [3.05, 3.63) is 34.9 Å². The molecule has 0 heterocycles. The van der Waals surface area contributed by atoms with Crippen LogP contribution in [0.1, 0.15) is 27.9 Å².